The molecule has 0 spiro atoms. The van der Waals surface area contributed by atoms with Gasteiger partial charge in [0.25, 0.3) is 5.91 Å². The molecule has 0 aromatic heterocycles. The largest absolute Gasteiger partial charge is 0.508 e. The van der Waals surface area contributed by atoms with Crippen LogP contribution in [0.2, 0.25) is 5.02 Å². The topological polar surface area (TPSA) is 71.4 Å². The fourth-order valence-corrected chi connectivity index (χ4v) is 3.44. The third-order valence-corrected chi connectivity index (χ3v) is 5.02. The van der Waals surface area contributed by atoms with Gasteiger partial charge in [0.2, 0.25) is 6.79 Å². The molecule has 0 aliphatic carbocycles. The number of amidine groups is 1. The van der Waals surface area contributed by atoms with E-state index in [0.717, 1.165) is 11.1 Å². The number of anilines is 1. The van der Waals surface area contributed by atoms with Crippen molar-refractivity contribution in [3.05, 3.63) is 88.6 Å². The van der Waals surface area contributed by atoms with Crippen LogP contribution in [-0.4, -0.2) is 23.6 Å². The van der Waals surface area contributed by atoms with Gasteiger partial charge in [0.15, 0.2) is 11.5 Å². The summed E-state index contributed by atoms with van der Waals surface area (Å²) in [6, 6.07) is 19.0. The zero-order valence-electron chi connectivity index (χ0n) is 15.6. The standard InChI is InChI=1S/C23H15ClN2O4/c24-16-4-2-15(3-5-16)22-25-19(11-14-1-10-20-21(12-14)30-13-29-20)23(28)26(22)17-6-8-18(27)9-7-17/h1-12,27H,13H2/b19-11+. The van der Waals surface area contributed by atoms with E-state index in [0.29, 0.717) is 28.0 Å². The van der Waals surface area contributed by atoms with Crippen LogP contribution in [0.4, 0.5) is 5.69 Å². The van der Waals surface area contributed by atoms with Gasteiger partial charge < -0.3 is 14.6 Å². The van der Waals surface area contributed by atoms with Crippen LogP contribution in [0.5, 0.6) is 17.2 Å². The van der Waals surface area contributed by atoms with Crippen LogP contribution >= 0.6 is 11.6 Å². The van der Waals surface area contributed by atoms with Gasteiger partial charge in [-0.25, -0.2) is 4.99 Å². The minimum Gasteiger partial charge on any atom is -0.508 e. The summed E-state index contributed by atoms with van der Waals surface area (Å²) in [5.74, 6) is 1.63. The molecule has 0 unspecified atom stereocenters. The fraction of sp³-hybridized carbons (Fsp3) is 0.0435. The van der Waals surface area contributed by atoms with Crippen molar-refractivity contribution in [1.29, 1.82) is 0 Å². The normalized spacial score (nSPS) is 16.3. The van der Waals surface area contributed by atoms with E-state index in [4.69, 9.17) is 21.1 Å². The van der Waals surface area contributed by atoms with Crippen LogP contribution in [-0.2, 0) is 4.79 Å². The van der Waals surface area contributed by atoms with Gasteiger partial charge in [-0.2, -0.15) is 0 Å². The summed E-state index contributed by atoms with van der Waals surface area (Å²) in [4.78, 5) is 19.4. The highest BCUT2D eigenvalue weighted by Gasteiger charge is 2.32. The Morgan fingerprint density at radius 3 is 2.47 bits per heavy atom. The third kappa shape index (κ3) is 3.27. The zero-order valence-corrected chi connectivity index (χ0v) is 16.3. The van der Waals surface area contributed by atoms with Crippen LogP contribution in [0.3, 0.4) is 0 Å². The zero-order chi connectivity index (χ0) is 20.7. The maximum atomic E-state index is 13.3. The van der Waals surface area contributed by atoms with Gasteiger partial charge in [0, 0.05) is 10.6 Å². The molecule has 3 aromatic rings. The number of fused-ring (bicyclic) bond motifs is 1. The highest BCUT2D eigenvalue weighted by atomic mass is 35.5. The molecule has 6 nitrogen and oxygen atoms in total. The predicted molar refractivity (Wildman–Crippen MR) is 114 cm³/mol. The number of nitrogens with zero attached hydrogens (tertiary/aromatic N) is 2. The maximum absolute atomic E-state index is 13.3. The number of aromatic hydroxyl groups is 1. The quantitative estimate of drug-likeness (QED) is 0.630. The highest BCUT2D eigenvalue weighted by Crippen LogP contribution is 2.34. The summed E-state index contributed by atoms with van der Waals surface area (Å²) in [5.41, 5.74) is 2.40. The number of hydrogen-bond donors (Lipinski definition) is 1. The van der Waals surface area contributed by atoms with Gasteiger partial charge >= 0.3 is 0 Å². The summed E-state index contributed by atoms with van der Waals surface area (Å²) in [5, 5.41) is 10.2. The summed E-state index contributed by atoms with van der Waals surface area (Å²) in [6.45, 7) is 0.182. The fourth-order valence-electron chi connectivity index (χ4n) is 3.31. The molecule has 7 heteroatoms. The molecule has 0 fully saturated rings. The number of aliphatic imine (C=N–C) groups is 1. The van der Waals surface area contributed by atoms with Crippen LogP contribution in [0.25, 0.3) is 6.08 Å². The minimum atomic E-state index is -0.275. The number of hydrogen-bond acceptors (Lipinski definition) is 5. The second-order valence-corrected chi connectivity index (χ2v) is 7.18. The molecule has 0 radical (unpaired) electrons. The van der Waals surface area contributed by atoms with Crippen LogP contribution in [0.1, 0.15) is 11.1 Å². The van der Waals surface area contributed by atoms with Gasteiger partial charge in [0.05, 0.1) is 5.69 Å². The number of halogens is 1. The summed E-state index contributed by atoms with van der Waals surface area (Å²) in [7, 11) is 0. The van der Waals surface area contributed by atoms with Crippen molar-refractivity contribution in [2.45, 2.75) is 0 Å². The molecule has 0 saturated heterocycles. The number of amides is 1. The molecule has 30 heavy (non-hydrogen) atoms. The molecule has 2 heterocycles. The Morgan fingerprint density at radius 1 is 0.967 bits per heavy atom. The van der Waals surface area contributed by atoms with E-state index in [2.05, 4.69) is 4.99 Å². The van der Waals surface area contributed by atoms with Gasteiger partial charge in [-0.05, 0) is 72.3 Å². The number of ether oxygens (including phenoxy) is 2. The SMILES string of the molecule is O=C1/C(=C\c2ccc3c(c2)OCO3)N=C(c2ccc(Cl)cc2)N1c1ccc(O)cc1. The average molecular weight is 419 g/mol. The molecule has 0 bridgehead atoms. The lowest BCUT2D eigenvalue weighted by molar-refractivity contribution is -0.113. The van der Waals surface area contributed by atoms with E-state index in [9.17, 15) is 9.90 Å². The number of rotatable bonds is 3. The number of carbonyl (C=O) groups excluding carboxylic acids is 1. The van der Waals surface area contributed by atoms with E-state index in [-0.39, 0.29) is 24.1 Å². The Morgan fingerprint density at radius 2 is 1.70 bits per heavy atom. The molecular weight excluding hydrogens is 404 g/mol. The van der Waals surface area contributed by atoms with E-state index in [1.54, 1.807) is 36.4 Å². The first-order chi connectivity index (χ1) is 14.6. The van der Waals surface area contributed by atoms with Gasteiger partial charge in [0.1, 0.15) is 17.3 Å². The van der Waals surface area contributed by atoms with Crippen molar-refractivity contribution in [2.24, 2.45) is 4.99 Å². The molecular formula is C23H15ClN2O4. The lowest BCUT2D eigenvalue weighted by atomic mass is 10.1. The number of carbonyl (C=O) groups is 1. The van der Waals surface area contributed by atoms with E-state index in [1.165, 1.54) is 17.0 Å². The Bertz CT molecular complexity index is 1200. The monoisotopic (exact) mass is 418 g/mol. The first kappa shape index (κ1) is 18.3. The Balaban J connectivity index is 1.59. The second-order valence-electron chi connectivity index (χ2n) is 6.74. The van der Waals surface area contributed by atoms with Crippen molar-refractivity contribution >= 4 is 35.1 Å². The van der Waals surface area contributed by atoms with Crippen molar-refractivity contribution in [2.75, 3.05) is 11.7 Å². The predicted octanol–water partition coefficient (Wildman–Crippen LogP) is 4.61. The summed E-state index contributed by atoms with van der Waals surface area (Å²) < 4.78 is 10.8. The molecule has 0 saturated carbocycles. The van der Waals surface area contributed by atoms with Crippen LogP contribution < -0.4 is 14.4 Å². The van der Waals surface area contributed by atoms with Crippen molar-refractivity contribution in [3.63, 3.8) is 0 Å². The third-order valence-electron chi connectivity index (χ3n) is 4.77. The van der Waals surface area contributed by atoms with Crippen molar-refractivity contribution < 1.29 is 19.4 Å². The first-order valence-electron chi connectivity index (χ1n) is 9.18. The van der Waals surface area contributed by atoms with Gasteiger partial charge in [-0.3, -0.25) is 9.69 Å². The molecule has 148 valence electrons. The number of phenols is 1. The maximum Gasteiger partial charge on any atom is 0.282 e. The van der Waals surface area contributed by atoms with Crippen molar-refractivity contribution in [1.82, 2.24) is 0 Å². The summed E-state index contributed by atoms with van der Waals surface area (Å²) >= 11 is 6.02. The minimum absolute atomic E-state index is 0.117. The number of benzene rings is 3. The number of phenolic OH excluding ortho intramolecular Hbond substituents is 1. The Labute approximate surface area is 177 Å². The average Bonchev–Trinajstić information content (AvgIpc) is 3.34. The molecule has 2 aliphatic rings. The highest BCUT2D eigenvalue weighted by molar-refractivity contribution is 6.34. The molecule has 3 aromatic carbocycles. The Hall–Kier alpha value is -3.77. The van der Waals surface area contributed by atoms with E-state index >= 15 is 0 Å². The van der Waals surface area contributed by atoms with E-state index in [1.807, 2.05) is 24.3 Å². The molecule has 1 N–H and O–H groups in total. The first-order valence-corrected chi connectivity index (χ1v) is 9.56. The molecule has 0 atom stereocenters. The second kappa shape index (κ2) is 7.24. The lowest BCUT2D eigenvalue weighted by Crippen LogP contribution is -2.32. The van der Waals surface area contributed by atoms with E-state index < -0.39 is 0 Å². The lowest BCUT2D eigenvalue weighted by Gasteiger charge is -2.18. The molecule has 5 rings (SSSR count). The molecule has 2 aliphatic heterocycles. The smallest absolute Gasteiger partial charge is 0.282 e. The van der Waals surface area contributed by atoms with Gasteiger partial charge in [-0.1, -0.05) is 17.7 Å². The Kier molecular flexibility index (Phi) is 4.41. The van der Waals surface area contributed by atoms with Crippen molar-refractivity contribution in [3.8, 4) is 17.2 Å². The van der Waals surface area contributed by atoms with Gasteiger partial charge in [-0.15, -0.1) is 0 Å². The molecule has 1 amide bonds. The summed E-state index contributed by atoms with van der Waals surface area (Å²) in [6.07, 6.45) is 1.71. The van der Waals surface area contributed by atoms with Crippen LogP contribution in [0, 0.1) is 0 Å². The van der Waals surface area contributed by atoms with Crippen LogP contribution in [0.15, 0.2) is 77.4 Å².